The Hall–Kier alpha value is -3.71. The van der Waals surface area contributed by atoms with Crippen LogP contribution in [0.3, 0.4) is 0 Å². The summed E-state index contributed by atoms with van der Waals surface area (Å²) in [4.78, 5) is 54.5. The minimum atomic E-state index is -1.05. The van der Waals surface area contributed by atoms with Crippen LogP contribution in [0.1, 0.15) is 27.6 Å². The third kappa shape index (κ3) is 3.11. The number of halogens is 1. The smallest absolute Gasteiger partial charge is 0.335 e. The van der Waals surface area contributed by atoms with Gasteiger partial charge in [0.05, 0.1) is 11.4 Å². The summed E-state index contributed by atoms with van der Waals surface area (Å²) in [6, 6.07) is 14.5. The fraction of sp³-hybridized carbons (Fsp3) is 0.0476. The maximum atomic E-state index is 13.1. The maximum Gasteiger partial charge on any atom is 0.398 e. The number of carbonyl (C=O) groups is 4. The van der Waals surface area contributed by atoms with Gasteiger partial charge in [0.1, 0.15) is 0 Å². The highest BCUT2D eigenvalue weighted by molar-refractivity contribution is 6.37. The Morgan fingerprint density at radius 2 is 1.66 bits per heavy atom. The van der Waals surface area contributed by atoms with E-state index in [4.69, 9.17) is 16.4 Å². The largest absolute Gasteiger partial charge is 0.398 e. The van der Waals surface area contributed by atoms with Crippen LogP contribution in [0.4, 0.5) is 11.4 Å². The molecular formula is C21H13ClN2O5. The first-order valence-corrected chi connectivity index (χ1v) is 8.94. The highest BCUT2D eigenvalue weighted by Gasteiger charge is 2.34. The van der Waals surface area contributed by atoms with Crippen molar-refractivity contribution < 1.29 is 24.0 Å². The first-order chi connectivity index (χ1) is 13.9. The van der Waals surface area contributed by atoms with Crippen molar-refractivity contribution in [3.8, 4) is 0 Å². The van der Waals surface area contributed by atoms with Gasteiger partial charge in [-0.05, 0) is 36.4 Å². The molecule has 1 N–H and O–H groups in total. The van der Waals surface area contributed by atoms with Gasteiger partial charge in [0.2, 0.25) is 5.78 Å². The summed E-state index contributed by atoms with van der Waals surface area (Å²) in [7, 11) is 0. The summed E-state index contributed by atoms with van der Waals surface area (Å²) < 4.78 is 0. The second-order valence-corrected chi connectivity index (χ2v) is 6.80. The average molecular weight is 409 g/mol. The van der Waals surface area contributed by atoms with E-state index in [2.05, 4.69) is 5.48 Å². The van der Waals surface area contributed by atoms with Gasteiger partial charge in [-0.25, -0.2) is 15.2 Å². The molecule has 0 saturated heterocycles. The Labute approximate surface area is 169 Å². The van der Waals surface area contributed by atoms with Gasteiger partial charge in [0.25, 0.3) is 11.8 Å². The monoisotopic (exact) mass is 408 g/mol. The molecular weight excluding hydrogens is 396 g/mol. The lowest BCUT2D eigenvalue weighted by Gasteiger charge is -2.27. The number of ketones is 1. The van der Waals surface area contributed by atoms with Crippen molar-refractivity contribution in [2.45, 2.75) is 6.92 Å². The molecule has 0 bridgehead atoms. The number of nitrogens with one attached hydrogen (secondary N) is 1. The predicted octanol–water partition coefficient (Wildman–Crippen LogP) is 3.75. The maximum absolute atomic E-state index is 13.1. The molecule has 1 aliphatic rings. The van der Waals surface area contributed by atoms with Crippen molar-refractivity contribution in [3.05, 3.63) is 70.7 Å². The molecule has 0 fully saturated rings. The first-order valence-electron chi connectivity index (χ1n) is 8.56. The molecule has 0 saturated carbocycles. The lowest BCUT2D eigenvalue weighted by atomic mass is 9.93. The predicted molar refractivity (Wildman–Crippen MR) is 107 cm³/mol. The Bertz CT molecular complexity index is 1200. The lowest BCUT2D eigenvalue weighted by Crippen LogP contribution is -2.40. The van der Waals surface area contributed by atoms with Crippen molar-refractivity contribution in [1.82, 2.24) is 0 Å². The molecule has 1 aliphatic heterocycles. The molecule has 1 heterocycles. The van der Waals surface area contributed by atoms with Crippen molar-refractivity contribution in [3.63, 3.8) is 0 Å². The molecule has 0 spiro atoms. The van der Waals surface area contributed by atoms with Crippen LogP contribution in [0.5, 0.6) is 0 Å². The van der Waals surface area contributed by atoms with Crippen molar-refractivity contribution in [1.29, 1.82) is 0 Å². The van der Waals surface area contributed by atoms with Crippen LogP contribution in [0.2, 0.25) is 5.02 Å². The number of anilines is 2. The second kappa shape index (κ2) is 7.03. The number of nitrogens with zero attached hydrogens (tertiary/aromatic N) is 1. The molecule has 0 atom stereocenters. The molecule has 2 amide bonds. The Morgan fingerprint density at radius 1 is 0.966 bits per heavy atom. The number of imide groups is 1. The van der Waals surface area contributed by atoms with Gasteiger partial charge < -0.3 is 4.84 Å². The Balaban J connectivity index is 1.82. The number of amides is 2. The lowest BCUT2D eigenvalue weighted by molar-refractivity contribution is -0.150. The standard InChI is InChI=1S/C21H13ClN2O5/c1-11(25)21(28)29-23-17-9-8-16-18-14(17)6-3-7-15(18)19(26)24(20(16)27)13-5-2-4-12(22)10-13/h2-10,23H,1H3. The zero-order chi connectivity index (χ0) is 20.7. The molecule has 0 unspecified atom stereocenters. The van der Waals surface area contributed by atoms with Gasteiger partial charge in [0.15, 0.2) is 0 Å². The third-order valence-corrected chi connectivity index (χ3v) is 4.75. The summed E-state index contributed by atoms with van der Waals surface area (Å²) in [5.41, 5.74) is 3.78. The van der Waals surface area contributed by atoms with Gasteiger partial charge in [-0.2, -0.15) is 0 Å². The average Bonchev–Trinajstić information content (AvgIpc) is 2.70. The molecule has 4 rings (SSSR count). The van der Waals surface area contributed by atoms with E-state index < -0.39 is 23.6 Å². The molecule has 29 heavy (non-hydrogen) atoms. The van der Waals surface area contributed by atoms with Crippen LogP contribution in [0.25, 0.3) is 10.8 Å². The van der Waals surface area contributed by atoms with Crippen molar-refractivity contribution >= 4 is 57.3 Å². The number of benzene rings is 3. The SMILES string of the molecule is CC(=O)C(=O)ONc1ccc2c3c(cccc13)C(=O)N(c1cccc(Cl)c1)C2=O. The number of Topliss-reactive ketones (excluding diaryl/α,β-unsaturated/α-hetero) is 1. The summed E-state index contributed by atoms with van der Waals surface area (Å²) in [5.74, 6) is -2.80. The first kappa shape index (κ1) is 18.6. The number of hydrogen-bond acceptors (Lipinski definition) is 6. The minimum Gasteiger partial charge on any atom is -0.335 e. The number of hydrogen-bond donors (Lipinski definition) is 1. The minimum absolute atomic E-state index is 0.318. The molecule has 144 valence electrons. The zero-order valence-corrected chi connectivity index (χ0v) is 15.8. The van der Waals surface area contributed by atoms with Crippen LogP contribution in [-0.2, 0) is 14.4 Å². The summed E-state index contributed by atoms with van der Waals surface area (Å²) >= 11 is 6.02. The van der Waals surface area contributed by atoms with Crippen LogP contribution in [0, 0.1) is 0 Å². The quantitative estimate of drug-likeness (QED) is 0.401. The van der Waals surface area contributed by atoms with E-state index in [9.17, 15) is 19.2 Å². The van der Waals surface area contributed by atoms with E-state index in [1.54, 1.807) is 48.5 Å². The Kier molecular flexibility index (Phi) is 4.52. The summed E-state index contributed by atoms with van der Waals surface area (Å²) in [5, 5.41) is 1.34. The van der Waals surface area contributed by atoms with Crippen molar-refractivity contribution in [2.75, 3.05) is 10.4 Å². The zero-order valence-electron chi connectivity index (χ0n) is 15.1. The normalized spacial score (nSPS) is 12.8. The highest BCUT2D eigenvalue weighted by Crippen LogP contribution is 2.36. The van der Waals surface area contributed by atoms with E-state index in [1.807, 2.05) is 0 Å². The second-order valence-electron chi connectivity index (χ2n) is 6.36. The van der Waals surface area contributed by atoms with E-state index in [1.165, 1.54) is 6.07 Å². The fourth-order valence-electron chi connectivity index (χ4n) is 3.21. The molecule has 8 heteroatoms. The van der Waals surface area contributed by atoms with Crippen LogP contribution in [-0.4, -0.2) is 23.6 Å². The van der Waals surface area contributed by atoms with Gasteiger partial charge in [-0.15, -0.1) is 0 Å². The summed E-state index contributed by atoms with van der Waals surface area (Å²) in [6.07, 6.45) is 0. The molecule has 0 radical (unpaired) electrons. The van der Waals surface area contributed by atoms with Crippen LogP contribution >= 0.6 is 11.6 Å². The molecule has 7 nitrogen and oxygen atoms in total. The topological polar surface area (TPSA) is 92.8 Å². The van der Waals surface area contributed by atoms with Gasteiger partial charge in [0, 0.05) is 33.8 Å². The van der Waals surface area contributed by atoms with Crippen LogP contribution in [0.15, 0.2) is 54.6 Å². The molecule has 3 aromatic rings. The van der Waals surface area contributed by atoms with E-state index >= 15 is 0 Å². The van der Waals surface area contributed by atoms with Gasteiger partial charge >= 0.3 is 5.97 Å². The van der Waals surface area contributed by atoms with Crippen molar-refractivity contribution in [2.24, 2.45) is 0 Å². The van der Waals surface area contributed by atoms with E-state index in [-0.39, 0.29) is 0 Å². The van der Waals surface area contributed by atoms with E-state index in [0.29, 0.717) is 38.3 Å². The Morgan fingerprint density at radius 3 is 2.34 bits per heavy atom. The highest BCUT2D eigenvalue weighted by atomic mass is 35.5. The fourth-order valence-corrected chi connectivity index (χ4v) is 3.39. The third-order valence-electron chi connectivity index (χ3n) is 4.52. The summed E-state index contributed by atoms with van der Waals surface area (Å²) in [6.45, 7) is 1.09. The number of carbonyl (C=O) groups excluding carboxylic acids is 4. The molecule has 0 aromatic heterocycles. The molecule has 3 aromatic carbocycles. The molecule has 0 aliphatic carbocycles. The number of rotatable bonds is 4. The van der Waals surface area contributed by atoms with Crippen LogP contribution < -0.4 is 10.4 Å². The van der Waals surface area contributed by atoms with E-state index in [0.717, 1.165) is 11.8 Å². The van der Waals surface area contributed by atoms with Gasteiger partial charge in [-0.1, -0.05) is 29.8 Å². The van der Waals surface area contributed by atoms with Gasteiger partial charge in [-0.3, -0.25) is 14.4 Å².